The lowest BCUT2D eigenvalue weighted by atomic mass is 10.1. The molecular formula is C24H17FN4O4. The van der Waals surface area contributed by atoms with Crippen molar-refractivity contribution >= 4 is 17.6 Å². The summed E-state index contributed by atoms with van der Waals surface area (Å²) in [5.41, 5.74) is 0.0971. The minimum absolute atomic E-state index is 0.0674. The molecule has 164 valence electrons. The van der Waals surface area contributed by atoms with Gasteiger partial charge in [-0.05, 0) is 61.0 Å². The monoisotopic (exact) mass is 444 g/mol. The summed E-state index contributed by atoms with van der Waals surface area (Å²) < 4.78 is 25.5. The van der Waals surface area contributed by atoms with Gasteiger partial charge in [0.1, 0.15) is 40.2 Å². The van der Waals surface area contributed by atoms with Gasteiger partial charge >= 0.3 is 0 Å². The van der Waals surface area contributed by atoms with E-state index in [-0.39, 0.29) is 29.3 Å². The summed E-state index contributed by atoms with van der Waals surface area (Å²) in [6, 6.07) is 13.8. The number of pyridine rings is 1. The standard InChI is InChI=1S/C24H17FN4O4/c1-15-4-2-10-29-21(15)28-23(33-18-8-6-17(25)7-9-18)20(24(29)31)12-16(13-26)22(30)27-14-19-5-3-11-32-19/h2-12H,14H2,1H3,(H,27,30)/b16-12+. The quantitative estimate of drug-likeness (QED) is 0.358. The maximum atomic E-state index is 13.3. The molecule has 0 saturated carbocycles. The third-order valence-electron chi connectivity index (χ3n) is 4.73. The highest BCUT2D eigenvalue weighted by molar-refractivity contribution is 6.01. The molecule has 1 aromatic carbocycles. The average Bonchev–Trinajstić information content (AvgIpc) is 3.33. The van der Waals surface area contributed by atoms with E-state index in [1.54, 1.807) is 37.3 Å². The fourth-order valence-corrected chi connectivity index (χ4v) is 3.08. The molecule has 1 N–H and O–H groups in total. The van der Waals surface area contributed by atoms with Crippen LogP contribution in [-0.2, 0) is 11.3 Å². The summed E-state index contributed by atoms with van der Waals surface area (Å²) in [7, 11) is 0. The number of nitriles is 1. The van der Waals surface area contributed by atoms with Crippen LogP contribution in [0.1, 0.15) is 16.9 Å². The molecule has 0 aliphatic rings. The topological polar surface area (TPSA) is 110 Å². The molecule has 0 bridgehead atoms. The van der Waals surface area contributed by atoms with Crippen LogP contribution >= 0.6 is 0 Å². The highest BCUT2D eigenvalue weighted by atomic mass is 19.1. The third kappa shape index (κ3) is 4.65. The zero-order valence-electron chi connectivity index (χ0n) is 17.4. The average molecular weight is 444 g/mol. The maximum absolute atomic E-state index is 13.3. The SMILES string of the molecule is Cc1cccn2c(=O)c(/C=C(\C#N)C(=O)NCc3ccco3)c(Oc3ccc(F)cc3)nc12. The Morgan fingerprint density at radius 2 is 2.06 bits per heavy atom. The van der Waals surface area contributed by atoms with Crippen LogP contribution in [0.3, 0.4) is 0 Å². The number of hydrogen-bond acceptors (Lipinski definition) is 6. The second kappa shape index (κ2) is 9.20. The minimum atomic E-state index is -0.699. The fourth-order valence-electron chi connectivity index (χ4n) is 3.08. The van der Waals surface area contributed by atoms with Gasteiger partial charge in [-0.1, -0.05) is 6.07 Å². The number of aromatic nitrogens is 2. The number of halogens is 1. The Labute approximate surface area is 187 Å². The van der Waals surface area contributed by atoms with Gasteiger partial charge in [0, 0.05) is 6.20 Å². The molecule has 4 rings (SSSR count). The number of benzene rings is 1. The summed E-state index contributed by atoms with van der Waals surface area (Å²) in [6.07, 6.45) is 4.12. The Kier molecular flexibility index (Phi) is 6.00. The number of nitrogens with one attached hydrogen (secondary N) is 1. The number of nitrogens with zero attached hydrogens (tertiary/aromatic N) is 3. The Morgan fingerprint density at radius 1 is 1.27 bits per heavy atom. The van der Waals surface area contributed by atoms with E-state index in [2.05, 4.69) is 10.3 Å². The van der Waals surface area contributed by atoms with Gasteiger partial charge in [-0.25, -0.2) is 4.39 Å². The molecule has 0 spiro atoms. The first kappa shape index (κ1) is 21.5. The highest BCUT2D eigenvalue weighted by Crippen LogP contribution is 2.25. The van der Waals surface area contributed by atoms with Crippen molar-refractivity contribution in [2.45, 2.75) is 13.5 Å². The molecule has 0 aliphatic carbocycles. The number of carbonyl (C=O) groups excluding carboxylic acids is 1. The Morgan fingerprint density at radius 3 is 2.76 bits per heavy atom. The van der Waals surface area contributed by atoms with Crippen molar-refractivity contribution in [2.75, 3.05) is 0 Å². The molecule has 0 aliphatic heterocycles. The van der Waals surface area contributed by atoms with E-state index in [0.717, 1.165) is 6.08 Å². The van der Waals surface area contributed by atoms with Gasteiger partial charge in [-0.3, -0.25) is 14.0 Å². The highest BCUT2D eigenvalue weighted by Gasteiger charge is 2.18. The summed E-state index contributed by atoms with van der Waals surface area (Å²) >= 11 is 0. The van der Waals surface area contributed by atoms with Crippen LogP contribution in [0.5, 0.6) is 11.6 Å². The molecule has 1 amide bonds. The van der Waals surface area contributed by atoms with Gasteiger partial charge < -0.3 is 14.5 Å². The van der Waals surface area contributed by atoms with Crippen molar-refractivity contribution in [2.24, 2.45) is 0 Å². The molecule has 0 radical (unpaired) electrons. The van der Waals surface area contributed by atoms with E-state index in [1.165, 1.54) is 41.1 Å². The van der Waals surface area contributed by atoms with Gasteiger partial charge in [0.2, 0.25) is 5.88 Å². The largest absolute Gasteiger partial charge is 0.467 e. The number of hydrogen-bond donors (Lipinski definition) is 1. The van der Waals surface area contributed by atoms with Crippen molar-refractivity contribution in [1.29, 1.82) is 5.26 Å². The lowest BCUT2D eigenvalue weighted by molar-refractivity contribution is -0.117. The van der Waals surface area contributed by atoms with Crippen LogP contribution in [0.25, 0.3) is 11.7 Å². The number of aryl methyl sites for hydroxylation is 1. The van der Waals surface area contributed by atoms with Crippen molar-refractivity contribution in [3.63, 3.8) is 0 Å². The summed E-state index contributed by atoms with van der Waals surface area (Å²) in [5.74, 6) is -0.534. The van der Waals surface area contributed by atoms with E-state index < -0.39 is 17.3 Å². The second-order valence-corrected chi connectivity index (χ2v) is 7.01. The van der Waals surface area contributed by atoms with Crippen LogP contribution in [0.15, 0.2) is 75.8 Å². The lowest BCUT2D eigenvalue weighted by Gasteiger charge is -2.11. The molecule has 33 heavy (non-hydrogen) atoms. The van der Waals surface area contributed by atoms with Crippen LogP contribution in [0, 0.1) is 24.1 Å². The van der Waals surface area contributed by atoms with Gasteiger partial charge in [0.25, 0.3) is 11.5 Å². The number of carbonyl (C=O) groups is 1. The molecule has 3 aromatic heterocycles. The van der Waals surface area contributed by atoms with E-state index in [1.807, 2.05) is 0 Å². The zero-order chi connectivity index (χ0) is 23.4. The van der Waals surface area contributed by atoms with E-state index in [9.17, 15) is 19.2 Å². The molecule has 0 unspecified atom stereocenters. The number of rotatable bonds is 6. The zero-order valence-corrected chi connectivity index (χ0v) is 17.4. The molecule has 0 atom stereocenters. The number of ether oxygens (including phenoxy) is 1. The Bertz CT molecular complexity index is 1450. The van der Waals surface area contributed by atoms with Crippen LogP contribution in [0.4, 0.5) is 4.39 Å². The number of amides is 1. The van der Waals surface area contributed by atoms with Crippen molar-refractivity contribution in [1.82, 2.24) is 14.7 Å². The van der Waals surface area contributed by atoms with E-state index >= 15 is 0 Å². The molecule has 3 heterocycles. The maximum Gasteiger partial charge on any atom is 0.269 e. The molecule has 0 fully saturated rings. The van der Waals surface area contributed by atoms with Crippen molar-refractivity contribution < 1.29 is 18.3 Å². The normalized spacial score (nSPS) is 11.2. The summed E-state index contributed by atoms with van der Waals surface area (Å²) in [6.45, 7) is 1.85. The van der Waals surface area contributed by atoms with Crippen molar-refractivity contribution in [3.8, 4) is 17.7 Å². The van der Waals surface area contributed by atoms with Gasteiger partial charge in [0.05, 0.1) is 12.8 Å². The first-order valence-electron chi connectivity index (χ1n) is 9.84. The number of furan rings is 1. The summed E-state index contributed by atoms with van der Waals surface area (Å²) in [4.78, 5) is 30.2. The third-order valence-corrected chi connectivity index (χ3v) is 4.73. The molecule has 4 aromatic rings. The van der Waals surface area contributed by atoms with Gasteiger partial charge in [0.15, 0.2) is 0 Å². The lowest BCUT2D eigenvalue weighted by Crippen LogP contribution is -2.25. The molecule has 9 heteroatoms. The minimum Gasteiger partial charge on any atom is -0.467 e. The van der Waals surface area contributed by atoms with Crippen molar-refractivity contribution in [3.05, 3.63) is 99.6 Å². The first-order chi connectivity index (χ1) is 16.0. The Hall–Kier alpha value is -4.71. The predicted molar refractivity (Wildman–Crippen MR) is 117 cm³/mol. The predicted octanol–water partition coefficient (Wildman–Crippen LogP) is 3.75. The van der Waals surface area contributed by atoms with E-state index in [4.69, 9.17) is 9.15 Å². The van der Waals surface area contributed by atoms with E-state index in [0.29, 0.717) is 17.0 Å². The summed E-state index contributed by atoms with van der Waals surface area (Å²) in [5, 5.41) is 12.1. The first-order valence-corrected chi connectivity index (χ1v) is 9.84. The second-order valence-electron chi connectivity index (χ2n) is 7.01. The van der Waals surface area contributed by atoms with Gasteiger partial charge in [-0.2, -0.15) is 10.2 Å². The molecule has 0 saturated heterocycles. The fraction of sp³-hybridized carbons (Fsp3) is 0.0833. The molecule has 8 nitrogen and oxygen atoms in total. The smallest absolute Gasteiger partial charge is 0.269 e. The molecular weight excluding hydrogens is 427 g/mol. The van der Waals surface area contributed by atoms with Crippen LogP contribution in [0.2, 0.25) is 0 Å². The van der Waals surface area contributed by atoms with Crippen LogP contribution in [-0.4, -0.2) is 15.3 Å². The van der Waals surface area contributed by atoms with Gasteiger partial charge in [-0.15, -0.1) is 0 Å². The number of fused-ring (bicyclic) bond motifs is 1. The van der Waals surface area contributed by atoms with Crippen LogP contribution < -0.4 is 15.6 Å². The Balaban J connectivity index is 1.79.